The van der Waals surface area contributed by atoms with E-state index in [2.05, 4.69) is 61.2 Å². The molecule has 2 aromatic rings. The molecule has 1 aromatic carbocycles. The van der Waals surface area contributed by atoms with Gasteiger partial charge in [0.15, 0.2) is 0 Å². The van der Waals surface area contributed by atoms with Crippen molar-refractivity contribution in [2.45, 2.75) is 18.9 Å². The van der Waals surface area contributed by atoms with Gasteiger partial charge in [0, 0.05) is 18.5 Å². The topological polar surface area (TPSA) is 17.8 Å². The number of nitrogens with zero attached hydrogens (tertiary/aromatic N) is 2. The third-order valence-electron chi connectivity index (χ3n) is 3.06. The molecule has 1 aliphatic rings. The number of hydrogen-bond acceptors (Lipinski definition) is 1. The van der Waals surface area contributed by atoms with Crippen LogP contribution in [-0.2, 0) is 13.0 Å². The maximum absolute atomic E-state index is 4.39. The molecule has 1 aromatic heterocycles. The molecule has 1 unspecified atom stereocenters. The van der Waals surface area contributed by atoms with E-state index in [9.17, 15) is 0 Å². The second-order valence-corrected chi connectivity index (χ2v) is 5.70. The zero-order valence-electron chi connectivity index (χ0n) is 8.53. The van der Waals surface area contributed by atoms with Crippen LogP contribution in [0, 0.1) is 0 Å². The monoisotopic (exact) mass is 340 g/mol. The highest BCUT2D eigenvalue weighted by atomic mass is 79.9. The van der Waals surface area contributed by atoms with Gasteiger partial charge in [0.05, 0.1) is 0 Å². The summed E-state index contributed by atoms with van der Waals surface area (Å²) in [5.74, 6) is 0.610. The molecule has 1 aliphatic carbocycles. The van der Waals surface area contributed by atoms with E-state index in [1.807, 2.05) is 10.7 Å². The van der Waals surface area contributed by atoms with E-state index in [1.165, 1.54) is 17.5 Å². The van der Waals surface area contributed by atoms with Crippen LogP contribution in [0.25, 0.3) is 0 Å². The Morgan fingerprint density at radius 2 is 2.12 bits per heavy atom. The fraction of sp³-hybridized carbons (Fsp3) is 0.250. The zero-order chi connectivity index (χ0) is 11.1. The number of aromatic nitrogens is 2. The molecule has 82 valence electrons. The predicted octanol–water partition coefficient (Wildman–Crippen LogP) is 3.75. The number of rotatable bonds is 2. The molecule has 0 saturated heterocycles. The van der Waals surface area contributed by atoms with Crippen LogP contribution in [0.4, 0.5) is 0 Å². The summed E-state index contributed by atoms with van der Waals surface area (Å²) in [6, 6.07) is 10.6. The molecule has 1 heterocycles. The Labute approximate surface area is 111 Å². The molecule has 0 fully saturated rings. The maximum atomic E-state index is 4.39. The van der Waals surface area contributed by atoms with Gasteiger partial charge in [-0.2, -0.15) is 5.10 Å². The van der Waals surface area contributed by atoms with Crippen molar-refractivity contribution in [3.8, 4) is 0 Å². The van der Waals surface area contributed by atoms with Crippen molar-refractivity contribution < 1.29 is 0 Å². The minimum Gasteiger partial charge on any atom is -0.257 e. The Kier molecular flexibility index (Phi) is 2.64. The van der Waals surface area contributed by atoms with Gasteiger partial charge in [-0.05, 0) is 49.4 Å². The highest BCUT2D eigenvalue weighted by Gasteiger charge is 2.26. The molecule has 4 heteroatoms. The third kappa shape index (κ3) is 1.74. The van der Waals surface area contributed by atoms with Crippen molar-refractivity contribution in [1.82, 2.24) is 9.78 Å². The SMILES string of the molecule is Brc1cc(Br)n(CC2Cc3ccccc32)n1. The molecule has 0 N–H and O–H groups in total. The van der Waals surface area contributed by atoms with Gasteiger partial charge in [0.1, 0.15) is 9.21 Å². The van der Waals surface area contributed by atoms with Crippen molar-refractivity contribution in [2.75, 3.05) is 0 Å². The number of halogens is 2. The molecule has 2 nitrogen and oxygen atoms in total. The van der Waals surface area contributed by atoms with Crippen molar-refractivity contribution in [3.05, 3.63) is 50.7 Å². The first-order valence-corrected chi connectivity index (χ1v) is 6.79. The van der Waals surface area contributed by atoms with Crippen LogP contribution in [-0.4, -0.2) is 9.78 Å². The van der Waals surface area contributed by atoms with Crippen LogP contribution in [0.3, 0.4) is 0 Å². The van der Waals surface area contributed by atoms with Crippen LogP contribution in [0.1, 0.15) is 17.0 Å². The first-order chi connectivity index (χ1) is 7.74. The Bertz CT molecular complexity index is 534. The minimum atomic E-state index is 0.610. The highest BCUT2D eigenvalue weighted by molar-refractivity contribution is 9.11. The van der Waals surface area contributed by atoms with Crippen molar-refractivity contribution in [3.63, 3.8) is 0 Å². The van der Waals surface area contributed by atoms with Gasteiger partial charge in [0.2, 0.25) is 0 Å². The molecule has 0 radical (unpaired) electrons. The molecule has 3 rings (SSSR count). The minimum absolute atomic E-state index is 0.610. The lowest BCUT2D eigenvalue weighted by molar-refractivity contribution is 0.468. The van der Waals surface area contributed by atoms with Crippen LogP contribution < -0.4 is 0 Å². The van der Waals surface area contributed by atoms with Crippen LogP contribution in [0.5, 0.6) is 0 Å². The van der Waals surface area contributed by atoms with E-state index in [4.69, 9.17) is 0 Å². The summed E-state index contributed by atoms with van der Waals surface area (Å²) in [5.41, 5.74) is 2.95. The van der Waals surface area contributed by atoms with Crippen molar-refractivity contribution in [2.24, 2.45) is 0 Å². The molecule has 0 saturated carbocycles. The molecular weight excluding hydrogens is 332 g/mol. The van der Waals surface area contributed by atoms with Gasteiger partial charge in [-0.25, -0.2) is 0 Å². The van der Waals surface area contributed by atoms with Crippen LogP contribution in [0.15, 0.2) is 39.5 Å². The molecular formula is C12H10Br2N2. The van der Waals surface area contributed by atoms with E-state index in [-0.39, 0.29) is 0 Å². The van der Waals surface area contributed by atoms with E-state index in [0.717, 1.165) is 15.8 Å². The second-order valence-electron chi connectivity index (χ2n) is 4.07. The molecule has 0 amide bonds. The lowest BCUT2D eigenvalue weighted by Gasteiger charge is -2.30. The standard InChI is InChI=1S/C12H10Br2N2/c13-11-6-12(14)16(15-11)7-9-5-8-3-1-2-4-10(8)9/h1-4,6,9H,5,7H2. The summed E-state index contributed by atoms with van der Waals surface area (Å²) in [6.07, 6.45) is 1.17. The lowest BCUT2D eigenvalue weighted by atomic mass is 9.78. The number of fused-ring (bicyclic) bond motifs is 1. The van der Waals surface area contributed by atoms with Crippen LogP contribution in [0.2, 0.25) is 0 Å². The Hall–Kier alpha value is -0.610. The summed E-state index contributed by atoms with van der Waals surface area (Å²) < 4.78 is 3.92. The Balaban J connectivity index is 1.82. The van der Waals surface area contributed by atoms with E-state index in [1.54, 1.807) is 0 Å². The van der Waals surface area contributed by atoms with Crippen LogP contribution >= 0.6 is 31.9 Å². The zero-order valence-corrected chi connectivity index (χ0v) is 11.7. The fourth-order valence-corrected chi connectivity index (χ4v) is 3.38. The number of hydrogen-bond donors (Lipinski definition) is 0. The van der Waals surface area contributed by atoms with Crippen molar-refractivity contribution in [1.29, 1.82) is 0 Å². The highest BCUT2D eigenvalue weighted by Crippen LogP contribution is 2.36. The first-order valence-electron chi connectivity index (χ1n) is 5.20. The smallest absolute Gasteiger partial charge is 0.129 e. The average Bonchev–Trinajstić information content (AvgIpc) is 2.54. The van der Waals surface area contributed by atoms with Gasteiger partial charge in [0.25, 0.3) is 0 Å². The Morgan fingerprint density at radius 3 is 2.81 bits per heavy atom. The summed E-state index contributed by atoms with van der Waals surface area (Å²) >= 11 is 6.89. The summed E-state index contributed by atoms with van der Waals surface area (Å²) in [5, 5.41) is 4.39. The maximum Gasteiger partial charge on any atom is 0.129 e. The summed E-state index contributed by atoms with van der Waals surface area (Å²) in [7, 11) is 0. The van der Waals surface area contributed by atoms with E-state index in [0.29, 0.717) is 5.92 Å². The molecule has 16 heavy (non-hydrogen) atoms. The largest absolute Gasteiger partial charge is 0.257 e. The van der Waals surface area contributed by atoms with Gasteiger partial charge in [-0.1, -0.05) is 24.3 Å². The summed E-state index contributed by atoms with van der Waals surface area (Å²) in [4.78, 5) is 0. The fourth-order valence-electron chi connectivity index (χ4n) is 2.23. The first kappa shape index (κ1) is 10.5. The quantitative estimate of drug-likeness (QED) is 0.813. The normalized spacial score (nSPS) is 18.0. The molecule has 1 atom stereocenters. The molecule has 0 bridgehead atoms. The lowest BCUT2D eigenvalue weighted by Crippen LogP contribution is -2.22. The summed E-state index contributed by atoms with van der Waals surface area (Å²) in [6.45, 7) is 0.948. The third-order valence-corrected chi connectivity index (χ3v) is 4.08. The number of benzene rings is 1. The van der Waals surface area contributed by atoms with Gasteiger partial charge >= 0.3 is 0 Å². The molecule has 0 aliphatic heterocycles. The van der Waals surface area contributed by atoms with Gasteiger partial charge in [-0.15, -0.1) is 0 Å². The van der Waals surface area contributed by atoms with Crippen molar-refractivity contribution >= 4 is 31.9 Å². The van der Waals surface area contributed by atoms with E-state index >= 15 is 0 Å². The average molecular weight is 342 g/mol. The van der Waals surface area contributed by atoms with Gasteiger partial charge < -0.3 is 0 Å². The predicted molar refractivity (Wildman–Crippen MR) is 70.5 cm³/mol. The molecule has 0 spiro atoms. The second kappa shape index (κ2) is 4.00. The Morgan fingerprint density at radius 1 is 1.31 bits per heavy atom. The van der Waals surface area contributed by atoms with Gasteiger partial charge in [-0.3, -0.25) is 4.68 Å². The van der Waals surface area contributed by atoms with E-state index < -0.39 is 0 Å².